The van der Waals surface area contributed by atoms with Gasteiger partial charge in [0.25, 0.3) is 0 Å². The summed E-state index contributed by atoms with van der Waals surface area (Å²) in [6.45, 7) is 2.27. The van der Waals surface area contributed by atoms with Gasteiger partial charge in [0.2, 0.25) is 0 Å². The fourth-order valence-electron chi connectivity index (χ4n) is 4.42. The van der Waals surface area contributed by atoms with Crippen molar-refractivity contribution in [3.05, 3.63) is 47.0 Å². The molecule has 1 heterocycles. The maximum Gasteiger partial charge on any atom is 0.150 e. The zero-order chi connectivity index (χ0) is 14.4. The van der Waals surface area contributed by atoms with Gasteiger partial charge in [0.15, 0.2) is 0 Å². The van der Waals surface area contributed by atoms with Crippen molar-refractivity contribution in [1.29, 1.82) is 0 Å². The van der Waals surface area contributed by atoms with Crippen LogP contribution in [0.4, 0.5) is 0 Å². The number of dihydropyridines is 1. The van der Waals surface area contributed by atoms with Crippen LogP contribution in [0.3, 0.4) is 0 Å². The lowest BCUT2D eigenvalue weighted by Crippen LogP contribution is -2.37. The summed E-state index contributed by atoms with van der Waals surface area (Å²) >= 11 is 0. The zero-order valence-electron chi connectivity index (χ0n) is 12.9. The SMILES string of the molecule is COC1NC=C(NC2=CC(C)CC=C2)C2=C1C1CCC2C1. The van der Waals surface area contributed by atoms with Gasteiger partial charge in [-0.2, -0.15) is 0 Å². The normalized spacial score (nSPS) is 37.0. The van der Waals surface area contributed by atoms with Gasteiger partial charge in [-0.1, -0.05) is 19.1 Å². The van der Waals surface area contributed by atoms with Crippen molar-refractivity contribution in [3.63, 3.8) is 0 Å². The van der Waals surface area contributed by atoms with Gasteiger partial charge in [-0.15, -0.1) is 0 Å². The summed E-state index contributed by atoms with van der Waals surface area (Å²) in [7, 11) is 1.80. The average Bonchev–Trinajstić information content (AvgIpc) is 3.09. The van der Waals surface area contributed by atoms with Gasteiger partial charge < -0.3 is 15.4 Å². The van der Waals surface area contributed by atoms with Gasteiger partial charge in [0.05, 0.1) is 5.70 Å². The zero-order valence-corrected chi connectivity index (χ0v) is 12.9. The van der Waals surface area contributed by atoms with E-state index >= 15 is 0 Å². The number of ether oxygens (including phenoxy) is 1. The Bertz CT molecular complexity index is 570. The van der Waals surface area contributed by atoms with E-state index in [2.05, 4.69) is 42.0 Å². The third-order valence-corrected chi connectivity index (χ3v) is 5.33. The van der Waals surface area contributed by atoms with Crippen molar-refractivity contribution >= 4 is 0 Å². The second-order valence-corrected chi connectivity index (χ2v) is 6.78. The molecule has 0 aromatic rings. The third-order valence-electron chi connectivity index (χ3n) is 5.33. The molecule has 0 aromatic heterocycles. The van der Waals surface area contributed by atoms with E-state index in [4.69, 9.17) is 4.74 Å². The van der Waals surface area contributed by atoms with Crippen molar-refractivity contribution in [3.8, 4) is 0 Å². The van der Waals surface area contributed by atoms with Gasteiger partial charge in [-0.05, 0) is 60.7 Å². The van der Waals surface area contributed by atoms with E-state index < -0.39 is 0 Å². The van der Waals surface area contributed by atoms with Crippen LogP contribution < -0.4 is 10.6 Å². The first-order valence-corrected chi connectivity index (χ1v) is 8.15. The lowest BCUT2D eigenvalue weighted by Gasteiger charge is -2.32. The molecular weight excluding hydrogens is 260 g/mol. The van der Waals surface area contributed by atoms with E-state index in [0.29, 0.717) is 5.92 Å². The van der Waals surface area contributed by atoms with Gasteiger partial charge in [0.1, 0.15) is 6.23 Å². The van der Waals surface area contributed by atoms with Gasteiger partial charge >= 0.3 is 0 Å². The molecule has 0 saturated heterocycles. The third kappa shape index (κ3) is 2.15. The average molecular weight is 284 g/mol. The first kappa shape index (κ1) is 13.2. The Hall–Kier alpha value is -1.48. The number of hydrogen-bond donors (Lipinski definition) is 2. The molecule has 4 rings (SSSR count). The standard InChI is InChI=1S/C18H24N2O/c1-11-4-3-5-14(8-11)20-15-10-19-18(21-2)17-13-7-6-12(9-13)16(15)17/h3,5,8,10-13,18-20H,4,6-7,9H2,1-2H3. The smallest absolute Gasteiger partial charge is 0.150 e. The molecule has 21 heavy (non-hydrogen) atoms. The van der Waals surface area contributed by atoms with Crippen LogP contribution in [0.2, 0.25) is 0 Å². The maximum absolute atomic E-state index is 5.64. The molecule has 0 radical (unpaired) electrons. The first-order chi connectivity index (χ1) is 10.3. The van der Waals surface area contributed by atoms with Crippen LogP contribution in [0.1, 0.15) is 32.6 Å². The molecule has 0 amide bonds. The number of nitrogens with one attached hydrogen (secondary N) is 2. The second-order valence-electron chi connectivity index (χ2n) is 6.78. The van der Waals surface area contributed by atoms with E-state index in [9.17, 15) is 0 Å². The molecule has 3 nitrogen and oxygen atoms in total. The van der Waals surface area contributed by atoms with Crippen molar-refractivity contribution in [2.75, 3.05) is 7.11 Å². The Balaban J connectivity index is 1.63. The van der Waals surface area contributed by atoms with Gasteiger partial charge in [-0.25, -0.2) is 0 Å². The minimum Gasteiger partial charge on any atom is -0.361 e. The molecule has 0 spiro atoms. The van der Waals surface area contributed by atoms with Crippen molar-refractivity contribution in [1.82, 2.24) is 10.6 Å². The summed E-state index contributed by atoms with van der Waals surface area (Å²) in [4.78, 5) is 0. The van der Waals surface area contributed by atoms with Crippen LogP contribution in [0, 0.1) is 17.8 Å². The molecule has 1 fully saturated rings. The number of rotatable bonds is 3. The second kappa shape index (κ2) is 5.06. The van der Waals surface area contributed by atoms with Crippen LogP contribution in [0.15, 0.2) is 47.0 Å². The molecular formula is C18H24N2O. The number of hydrogen-bond acceptors (Lipinski definition) is 3. The molecule has 0 aromatic carbocycles. The van der Waals surface area contributed by atoms with E-state index in [1.807, 2.05) is 0 Å². The molecule has 3 heteroatoms. The largest absolute Gasteiger partial charge is 0.361 e. The molecule has 1 saturated carbocycles. The molecule has 3 aliphatic carbocycles. The Morgan fingerprint density at radius 3 is 2.95 bits per heavy atom. The predicted octanol–water partition coefficient (Wildman–Crippen LogP) is 3.20. The lowest BCUT2D eigenvalue weighted by atomic mass is 9.87. The van der Waals surface area contributed by atoms with E-state index in [1.54, 1.807) is 7.11 Å². The molecule has 4 atom stereocenters. The van der Waals surface area contributed by atoms with Gasteiger partial charge in [0, 0.05) is 19.0 Å². The molecule has 2 bridgehead atoms. The Morgan fingerprint density at radius 2 is 2.14 bits per heavy atom. The monoisotopic (exact) mass is 284 g/mol. The van der Waals surface area contributed by atoms with Crippen LogP contribution in [0.25, 0.3) is 0 Å². The van der Waals surface area contributed by atoms with E-state index in [-0.39, 0.29) is 6.23 Å². The number of fused-ring (bicyclic) bond motifs is 4. The molecule has 112 valence electrons. The minimum absolute atomic E-state index is 0.0793. The van der Waals surface area contributed by atoms with Crippen LogP contribution in [-0.4, -0.2) is 13.3 Å². The fraction of sp³-hybridized carbons (Fsp3) is 0.556. The van der Waals surface area contributed by atoms with Crippen LogP contribution in [0.5, 0.6) is 0 Å². The Kier molecular flexibility index (Phi) is 3.18. The van der Waals surface area contributed by atoms with Crippen molar-refractivity contribution < 1.29 is 4.74 Å². The summed E-state index contributed by atoms with van der Waals surface area (Å²) in [6, 6.07) is 0. The van der Waals surface area contributed by atoms with Gasteiger partial charge in [-0.3, -0.25) is 0 Å². The maximum atomic E-state index is 5.64. The highest BCUT2D eigenvalue weighted by Crippen LogP contribution is 2.52. The highest BCUT2D eigenvalue weighted by molar-refractivity contribution is 5.48. The summed E-state index contributed by atoms with van der Waals surface area (Å²) < 4.78 is 5.64. The van der Waals surface area contributed by atoms with Crippen molar-refractivity contribution in [2.45, 2.75) is 38.8 Å². The fourth-order valence-corrected chi connectivity index (χ4v) is 4.42. The minimum atomic E-state index is 0.0793. The summed E-state index contributed by atoms with van der Waals surface area (Å²) in [5, 5.41) is 7.07. The first-order valence-electron chi connectivity index (χ1n) is 8.15. The molecule has 2 N–H and O–H groups in total. The molecule has 4 unspecified atom stereocenters. The topological polar surface area (TPSA) is 33.3 Å². The number of allylic oxidation sites excluding steroid dienone is 4. The predicted molar refractivity (Wildman–Crippen MR) is 84.0 cm³/mol. The Morgan fingerprint density at radius 1 is 1.29 bits per heavy atom. The molecule has 4 aliphatic rings. The quantitative estimate of drug-likeness (QED) is 0.835. The van der Waals surface area contributed by atoms with E-state index in [1.165, 1.54) is 41.8 Å². The van der Waals surface area contributed by atoms with Crippen LogP contribution in [-0.2, 0) is 4.74 Å². The Labute approximate surface area is 126 Å². The highest BCUT2D eigenvalue weighted by Gasteiger charge is 2.44. The van der Waals surface area contributed by atoms with E-state index in [0.717, 1.165) is 18.3 Å². The summed E-state index contributed by atoms with van der Waals surface area (Å²) in [6.07, 6.45) is 14.1. The lowest BCUT2D eigenvalue weighted by molar-refractivity contribution is 0.104. The summed E-state index contributed by atoms with van der Waals surface area (Å²) in [5.41, 5.74) is 5.53. The van der Waals surface area contributed by atoms with Crippen LogP contribution >= 0.6 is 0 Å². The highest BCUT2D eigenvalue weighted by atomic mass is 16.5. The van der Waals surface area contributed by atoms with Crippen molar-refractivity contribution in [2.24, 2.45) is 17.8 Å². The number of methoxy groups -OCH3 is 1. The molecule has 1 aliphatic heterocycles. The summed E-state index contributed by atoms with van der Waals surface area (Å²) in [5.74, 6) is 2.08.